The Morgan fingerprint density at radius 1 is 1.14 bits per heavy atom. The summed E-state index contributed by atoms with van der Waals surface area (Å²) < 4.78 is 27.0. The van der Waals surface area contributed by atoms with Crippen molar-refractivity contribution >= 4 is 32.4 Å². The summed E-state index contributed by atoms with van der Waals surface area (Å²) >= 11 is 0. The molecule has 0 aliphatic carbocycles. The fraction of sp³-hybridized carbons (Fsp3) is 0.476. The highest BCUT2D eigenvalue weighted by Crippen LogP contribution is 2.41. The Morgan fingerprint density at radius 3 is 2.61 bits per heavy atom. The van der Waals surface area contributed by atoms with Crippen molar-refractivity contribution in [3.63, 3.8) is 0 Å². The van der Waals surface area contributed by atoms with E-state index in [-0.39, 0.29) is 17.3 Å². The maximum Gasteiger partial charge on any atom is 0.265 e. The molecule has 1 fully saturated rings. The number of nitrogens with one attached hydrogen (secondary N) is 1. The summed E-state index contributed by atoms with van der Waals surface area (Å²) in [4.78, 5) is 15.1. The van der Waals surface area contributed by atoms with Crippen LogP contribution in [0.5, 0.6) is 0 Å². The lowest BCUT2D eigenvalue weighted by atomic mass is 9.99. The molecule has 0 aromatic heterocycles. The van der Waals surface area contributed by atoms with Crippen molar-refractivity contribution in [2.24, 2.45) is 5.92 Å². The molecule has 1 amide bonds. The van der Waals surface area contributed by atoms with E-state index in [9.17, 15) is 13.2 Å². The normalized spacial score (nSPS) is 19.2. The number of rotatable bonds is 6. The molecule has 1 saturated heterocycles. The van der Waals surface area contributed by atoms with E-state index in [0.29, 0.717) is 17.6 Å². The Kier molecular flexibility index (Phi) is 5.29. The summed E-state index contributed by atoms with van der Waals surface area (Å²) in [6.45, 7) is 5.91. The largest absolute Gasteiger partial charge is 0.354 e. The first-order valence-electron chi connectivity index (χ1n) is 10.0. The van der Waals surface area contributed by atoms with Crippen LogP contribution in [0, 0.1) is 5.92 Å². The number of amides is 1. The highest BCUT2D eigenvalue weighted by Gasteiger charge is 2.36. The van der Waals surface area contributed by atoms with Gasteiger partial charge in [-0.15, -0.1) is 0 Å². The smallest absolute Gasteiger partial charge is 0.265 e. The van der Waals surface area contributed by atoms with Gasteiger partial charge < -0.3 is 10.2 Å². The third-order valence-corrected chi connectivity index (χ3v) is 7.62. The predicted octanol–water partition coefficient (Wildman–Crippen LogP) is 2.59. The van der Waals surface area contributed by atoms with E-state index in [2.05, 4.69) is 17.1 Å². The zero-order chi connectivity index (χ0) is 19.7. The number of carbonyl (C=O) groups excluding carboxylic acids is 1. The minimum Gasteiger partial charge on any atom is -0.354 e. The van der Waals surface area contributed by atoms with Gasteiger partial charge in [-0.3, -0.25) is 9.10 Å². The lowest BCUT2D eigenvalue weighted by molar-refractivity contribution is -0.119. The second kappa shape index (κ2) is 7.72. The molecule has 28 heavy (non-hydrogen) atoms. The van der Waals surface area contributed by atoms with Gasteiger partial charge in [0.15, 0.2) is 0 Å². The van der Waals surface area contributed by atoms with Gasteiger partial charge in [0.2, 0.25) is 5.91 Å². The Balaban J connectivity index is 1.34. The summed E-state index contributed by atoms with van der Waals surface area (Å²) in [5, 5.41) is 4.46. The van der Waals surface area contributed by atoms with Gasteiger partial charge in [0.25, 0.3) is 10.0 Å². The number of likely N-dealkylation sites (tertiary alicyclic amines) is 1. The van der Waals surface area contributed by atoms with Gasteiger partial charge in [-0.05, 0) is 62.3 Å². The van der Waals surface area contributed by atoms with Gasteiger partial charge in [0.05, 0.1) is 10.6 Å². The van der Waals surface area contributed by atoms with Crippen molar-refractivity contribution in [1.82, 2.24) is 10.2 Å². The quantitative estimate of drug-likeness (QED) is 0.756. The summed E-state index contributed by atoms with van der Waals surface area (Å²) in [5.41, 5.74) is 0.589. The molecular weight excluding hydrogens is 374 g/mol. The maximum atomic E-state index is 12.9. The molecule has 6 nitrogen and oxygen atoms in total. The van der Waals surface area contributed by atoms with Crippen molar-refractivity contribution in [3.8, 4) is 0 Å². The molecule has 2 aliphatic heterocycles. The van der Waals surface area contributed by atoms with E-state index in [4.69, 9.17) is 0 Å². The summed E-state index contributed by atoms with van der Waals surface area (Å²) in [7, 11) is -3.68. The highest BCUT2D eigenvalue weighted by atomic mass is 32.2. The highest BCUT2D eigenvalue weighted by molar-refractivity contribution is 7.93. The minimum atomic E-state index is -3.68. The number of anilines is 1. The van der Waals surface area contributed by atoms with Gasteiger partial charge in [-0.25, -0.2) is 8.42 Å². The van der Waals surface area contributed by atoms with Gasteiger partial charge in [0, 0.05) is 11.9 Å². The standard InChI is InChI=1S/C21H27N3O3S/c1-16-9-13-23(14-10-16)12-4-11-22-20(25)15-24-18-7-2-5-17-6-3-8-19(21(17)18)28(24,26)27/h2-3,5-8,16H,4,9-15H2,1H3,(H,22,25). The zero-order valence-electron chi connectivity index (χ0n) is 16.2. The zero-order valence-corrected chi connectivity index (χ0v) is 17.0. The van der Waals surface area contributed by atoms with Crippen molar-refractivity contribution in [3.05, 3.63) is 36.4 Å². The number of sulfonamides is 1. The van der Waals surface area contributed by atoms with Crippen LogP contribution >= 0.6 is 0 Å². The average Bonchev–Trinajstić information content (AvgIpc) is 2.90. The molecular formula is C21H27N3O3S. The second-order valence-corrected chi connectivity index (χ2v) is 9.70. The molecule has 2 heterocycles. The van der Waals surface area contributed by atoms with Gasteiger partial charge in [-0.1, -0.05) is 31.2 Å². The van der Waals surface area contributed by atoms with E-state index in [0.717, 1.165) is 37.4 Å². The number of piperidine rings is 1. The molecule has 2 aromatic carbocycles. The number of carbonyl (C=O) groups is 1. The number of hydrogen-bond acceptors (Lipinski definition) is 4. The maximum absolute atomic E-state index is 12.9. The molecule has 4 rings (SSSR count). The molecule has 7 heteroatoms. The van der Waals surface area contributed by atoms with Gasteiger partial charge in [-0.2, -0.15) is 0 Å². The topological polar surface area (TPSA) is 69.7 Å². The van der Waals surface area contributed by atoms with Crippen LogP contribution in [0.1, 0.15) is 26.2 Å². The molecule has 0 bridgehead atoms. The van der Waals surface area contributed by atoms with Crippen LogP contribution in [-0.2, 0) is 14.8 Å². The van der Waals surface area contributed by atoms with Crippen molar-refractivity contribution in [2.45, 2.75) is 31.1 Å². The third-order valence-electron chi connectivity index (χ3n) is 5.82. The number of benzene rings is 2. The number of nitrogens with zero attached hydrogens (tertiary/aromatic N) is 2. The van der Waals surface area contributed by atoms with E-state index in [1.165, 1.54) is 17.1 Å². The van der Waals surface area contributed by atoms with Crippen LogP contribution in [0.25, 0.3) is 10.8 Å². The Labute approximate surface area is 166 Å². The van der Waals surface area contributed by atoms with Crippen molar-refractivity contribution in [2.75, 3.05) is 37.0 Å². The van der Waals surface area contributed by atoms with Crippen molar-refractivity contribution < 1.29 is 13.2 Å². The van der Waals surface area contributed by atoms with Gasteiger partial charge in [0.1, 0.15) is 6.54 Å². The Bertz CT molecular complexity index is 976. The molecule has 0 saturated carbocycles. The lowest BCUT2D eigenvalue weighted by Crippen LogP contribution is -2.40. The fourth-order valence-corrected chi connectivity index (χ4v) is 5.80. The lowest BCUT2D eigenvalue weighted by Gasteiger charge is -2.30. The molecule has 0 unspecified atom stereocenters. The average molecular weight is 402 g/mol. The van der Waals surface area contributed by atoms with Crippen LogP contribution in [-0.4, -0.2) is 51.9 Å². The molecule has 1 N–H and O–H groups in total. The monoisotopic (exact) mass is 401 g/mol. The summed E-state index contributed by atoms with van der Waals surface area (Å²) in [6, 6.07) is 10.7. The van der Waals surface area contributed by atoms with E-state index in [1.54, 1.807) is 18.2 Å². The first kappa shape index (κ1) is 19.2. The molecule has 150 valence electrons. The van der Waals surface area contributed by atoms with Crippen LogP contribution in [0.15, 0.2) is 41.3 Å². The van der Waals surface area contributed by atoms with Crippen LogP contribution in [0.4, 0.5) is 5.69 Å². The first-order chi connectivity index (χ1) is 13.5. The third kappa shape index (κ3) is 3.61. The Hall–Kier alpha value is -2.12. The van der Waals surface area contributed by atoms with E-state index < -0.39 is 10.0 Å². The van der Waals surface area contributed by atoms with Gasteiger partial charge >= 0.3 is 0 Å². The second-order valence-electron chi connectivity index (χ2n) is 7.87. The summed E-state index contributed by atoms with van der Waals surface area (Å²) in [6.07, 6.45) is 3.36. The van der Waals surface area contributed by atoms with E-state index >= 15 is 0 Å². The van der Waals surface area contributed by atoms with Crippen LogP contribution in [0.2, 0.25) is 0 Å². The van der Waals surface area contributed by atoms with E-state index in [1.807, 2.05) is 18.2 Å². The molecule has 0 radical (unpaired) electrons. The SMILES string of the molecule is CC1CCN(CCCNC(=O)CN2c3cccc4cccc(c34)S2(=O)=O)CC1. The predicted molar refractivity (Wildman–Crippen MR) is 111 cm³/mol. The molecule has 0 atom stereocenters. The molecule has 2 aliphatic rings. The minimum absolute atomic E-state index is 0.183. The fourth-order valence-electron chi connectivity index (χ4n) is 4.13. The molecule has 0 spiro atoms. The first-order valence-corrected chi connectivity index (χ1v) is 11.4. The van der Waals surface area contributed by atoms with Crippen molar-refractivity contribution in [1.29, 1.82) is 0 Å². The van der Waals surface area contributed by atoms with Crippen LogP contribution in [0.3, 0.4) is 0 Å². The Morgan fingerprint density at radius 2 is 1.86 bits per heavy atom. The molecule has 2 aromatic rings. The summed E-state index contributed by atoms with van der Waals surface area (Å²) in [5.74, 6) is 0.549. The number of hydrogen-bond donors (Lipinski definition) is 1. The van der Waals surface area contributed by atoms with Crippen LogP contribution < -0.4 is 9.62 Å².